The molecule has 0 aromatic rings. The van der Waals surface area contributed by atoms with Crippen LogP contribution in [0.25, 0.3) is 0 Å². The Balaban J connectivity index is 4.05. The largest absolute Gasteiger partial charge is 0.458 e. The zero-order chi connectivity index (χ0) is 12.1. The molecule has 0 saturated carbocycles. The van der Waals surface area contributed by atoms with Crippen LogP contribution < -0.4 is 5.32 Å². The van der Waals surface area contributed by atoms with E-state index in [4.69, 9.17) is 4.74 Å². The van der Waals surface area contributed by atoms with Crippen molar-refractivity contribution < 1.29 is 14.3 Å². The lowest BCUT2D eigenvalue weighted by atomic mass is 10.2. The first-order chi connectivity index (χ1) is 6.76. The number of hydrogen-bond acceptors (Lipinski definition) is 4. The van der Waals surface area contributed by atoms with Crippen molar-refractivity contribution in [1.82, 2.24) is 5.32 Å². The van der Waals surface area contributed by atoms with Gasteiger partial charge in [-0.1, -0.05) is 0 Å². The third kappa shape index (κ3) is 7.25. The monoisotopic (exact) mass is 233 g/mol. The van der Waals surface area contributed by atoms with Crippen LogP contribution in [0, 0.1) is 0 Å². The van der Waals surface area contributed by atoms with Crippen LogP contribution in [-0.2, 0) is 14.3 Å². The SMILES string of the molecule is CSCC(=O)NC(C)C(=O)OC(C)(C)C. The fourth-order valence-electron chi connectivity index (χ4n) is 0.863. The number of thioether (sulfide) groups is 1. The standard InChI is InChI=1S/C10H19NO3S/c1-7(11-8(12)6-15-5)9(13)14-10(2,3)4/h7H,6H2,1-5H3,(H,11,12). The Morgan fingerprint density at radius 3 is 2.33 bits per heavy atom. The highest BCUT2D eigenvalue weighted by Crippen LogP contribution is 2.08. The van der Waals surface area contributed by atoms with Gasteiger partial charge in [0.1, 0.15) is 11.6 Å². The van der Waals surface area contributed by atoms with E-state index in [0.29, 0.717) is 5.75 Å². The van der Waals surface area contributed by atoms with E-state index in [1.165, 1.54) is 11.8 Å². The van der Waals surface area contributed by atoms with E-state index < -0.39 is 17.6 Å². The average Bonchev–Trinajstić information content (AvgIpc) is 2.00. The minimum atomic E-state index is -0.594. The number of amides is 1. The predicted molar refractivity (Wildman–Crippen MR) is 61.8 cm³/mol. The number of carbonyl (C=O) groups is 2. The summed E-state index contributed by atoms with van der Waals surface area (Å²) in [5.41, 5.74) is -0.518. The van der Waals surface area contributed by atoms with Crippen molar-refractivity contribution in [1.29, 1.82) is 0 Å². The van der Waals surface area contributed by atoms with Crippen molar-refractivity contribution in [3.63, 3.8) is 0 Å². The van der Waals surface area contributed by atoms with E-state index in [2.05, 4.69) is 5.32 Å². The quantitative estimate of drug-likeness (QED) is 0.741. The van der Waals surface area contributed by atoms with Crippen LogP contribution in [0.15, 0.2) is 0 Å². The summed E-state index contributed by atoms with van der Waals surface area (Å²) in [4.78, 5) is 22.6. The number of rotatable bonds is 4. The molecule has 1 atom stereocenters. The summed E-state index contributed by atoms with van der Waals surface area (Å²) in [5.74, 6) is -0.203. The second-order valence-electron chi connectivity index (χ2n) is 4.26. The average molecular weight is 233 g/mol. The number of hydrogen-bond donors (Lipinski definition) is 1. The lowest BCUT2D eigenvalue weighted by Crippen LogP contribution is -2.42. The van der Waals surface area contributed by atoms with Crippen molar-refractivity contribution in [2.45, 2.75) is 39.3 Å². The summed E-state index contributed by atoms with van der Waals surface area (Å²) < 4.78 is 5.12. The van der Waals surface area contributed by atoms with Gasteiger partial charge in [-0.2, -0.15) is 11.8 Å². The van der Waals surface area contributed by atoms with Gasteiger partial charge in [0.15, 0.2) is 0 Å². The minimum absolute atomic E-state index is 0.152. The molecule has 15 heavy (non-hydrogen) atoms. The van der Waals surface area contributed by atoms with Crippen LogP contribution in [-0.4, -0.2) is 35.5 Å². The van der Waals surface area contributed by atoms with E-state index >= 15 is 0 Å². The molecule has 0 rings (SSSR count). The number of carbonyl (C=O) groups excluding carboxylic acids is 2. The molecule has 0 aromatic carbocycles. The van der Waals surface area contributed by atoms with Gasteiger partial charge in [0.25, 0.3) is 0 Å². The third-order valence-electron chi connectivity index (χ3n) is 1.41. The van der Waals surface area contributed by atoms with Gasteiger partial charge in [-0.3, -0.25) is 4.79 Å². The van der Waals surface area contributed by atoms with E-state index in [9.17, 15) is 9.59 Å². The maximum Gasteiger partial charge on any atom is 0.328 e. The smallest absolute Gasteiger partial charge is 0.328 e. The zero-order valence-corrected chi connectivity index (χ0v) is 10.7. The summed E-state index contributed by atoms with van der Waals surface area (Å²) >= 11 is 1.41. The lowest BCUT2D eigenvalue weighted by molar-refractivity contribution is -0.157. The lowest BCUT2D eigenvalue weighted by Gasteiger charge is -2.22. The molecule has 1 amide bonds. The fourth-order valence-corrected chi connectivity index (χ4v) is 1.21. The molecule has 0 aromatic heterocycles. The maximum atomic E-state index is 11.5. The highest BCUT2D eigenvalue weighted by molar-refractivity contribution is 7.99. The molecule has 0 aliphatic rings. The highest BCUT2D eigenvalue weighted by atomic mass is 32.2. The fraction of sp³-hybridized carbons (Fsp3) is 0.800. The van der Waals surface area contributed by atoms with Crippen molar-refractivity contribution in [2.75, 3.05) is 12.0 Å². The van der Waals surface area contributed by atoms with Gasteiger partial charge in [0.2, 0.25) is 5.91 Å². The molecular formula is C10H19NO3S. The van der Waals surface area contributed by atoms with Crippen LogP contribution >= 0.6 is 11.8 Å². The maximum absolute atomic E-state index is 11.5. The van der Waals surface area contributed by atoms with Crippen LogP contribution in [0.1, 0.15) is 27.7 Å². The Morgan fingerprint density at radius 1 is 1.40 bits per heavy atom. The number of ether oxygens (including phenoxy) is 1. The molecule has 0 radical (unpaired) electrons. The van der Waals surface area contributed by atoms with Gasteiger partial charge < -0.3 is 10.1 Å². The minimum Gasteiger partial charge on any atom is -0.458 e. The zero-order valence-electron chi connectivity index (χ0n) is 9.92. The normalized spacial score (nSPS) is 13.1. The Bertz CT molecular complexity index is 235. The van der Waals surface area contributed by atoms with Crippen LogP contribution in [0.5, 0.6) is 0 Å². The molecule has 0 aliphatic heterocycles. The first kappa shape index (κ1) is 14.3. The Morgan fingerprint density at radius 2 is 1.93 bits per heavy atom. The molecule has 0 aliphatic carbocycles. The molecule has 5 heteroatoms. The van der Waals surface area contributed by atoms with E-state index in [1.807, 2.05) is 6.26 Å². The van der Waals surface area contributed by atoms with E-state index in [-0.39, 0.29) is 5.91 Å². The predicted octanol–water partition coefficient (Wildman–Crippen LogP) is 1.20. The molecule has 0 heterocycles. The summed E-state index contributed by atoms with van der Waals surface area (Å²) in [6.45, 7) is 7.00. The Labute approximate surface area is 95.1 Å². The number of nitrogens with one attached hydrogen (secondary N) is 1. The van der Waals surface area contributed by atoms with Crippen molar-refractivity contribution in [2.24, 2.45) is 0 Å². The van der Waals surface area contributed by atoms with Crippen LogP contribution in [0.4, 0.5) is 0 Å². The summed E-state index contributed by atoms with van der Waals surface area (Å²) in [6, 6.07) is -0.594. The molecule has 0 fully saturated rings. The topological polar surface area (TPSA) is 55.4 Å². The van der Waals surface area contributed by atoms with Crippen molar-refractivity contribution >= 4 is 23.6 Å². The van der Waals surface area contributed by atoms with E-state index in [0.717, 1.165) is 0 Å². The van der Waals surface area contributed by atoms with Gasteiger partial charge in [-0.15, -0.1) is 0 Å². The Kier molecular flexibility index (Phi) is 5.72. The first-order valence-corrected chi connectivity index (χ1v) is 6.17. The highest BCUT2D eigenvalue weighted by Gasteiger charge is 2.22. The van der Waals surface area contributed by atoms with Crippen molar-refractivity contribution in [3.05, 3.63) is 0 Å². The summed E-state index contributed by atoms with van der Waals surface area (Å²) in [7, 11) is 0. The molecule has 4 nitrogen and oxygen atoms in total. The molecule has 0 spiro atoms. The molecule has 1 unspecified atom stereocenters. The van der Waals surface area contributed by atoms with E-state index in [1.54, 1.807) is 27.7 Å². The molecule has 1 N–H and O–H groups in total. The number of esters is 1. The van der Waals surface area contributed by atoms with Crippen molar-refractivity contribution in [3.8, 4) is 0 Å². The van der Waals surface area contributed by atoms with Gasteiger partial charge in [-0.05, 0) is 34.0 Å². The molecule has 88 valence electrons. The second-order valence-corrected chi connectivity index (χ2v) is 5.12. The molecule has 0 saturated heterocycles. The van der Waals surface area contributed by atoms with Gasteiger partial charge in [0.05, 0.1) is 5.75 Å². The summed E-state index contributed by atoms with van der Waals surface area (Å²) in [6.07, 6.45) is 1.83. The Hall–Kier alpha value is -0.710. The van der Waals surface area contributed by atoms with Gasteiger partial charge in [0, 0.05) is 0 Å². The van der Waals surface area contributed by atoms with Crippen LogP contribution in [0.3, 0.4) is 0 Å². The van der Waals surface area contributed by atoms with Crippen LogP contribution in [0.2, 0.25) is 0 Å². The van der Waals surface area contributed by atoms with Gasteiger partial charge in [-0.25, -0.2) is 4.79 Å². The summed E-state index contributed by atoms with van der Waals surface area (Å²) in [5, 5.41) is 2.57. The molecule has 0 bridgehead atoms. The second kappa shape index (κ2) is 6.00. The third-order valence-corrected chi connectivity index (χ3v) is 1.96. The first-order valence-electron chi connectivity index (χ1n) is 4.77. The van der Waals surface area contributed by atoms with Gasteiger partial charge >= 0.3 is 5.97 Å². The molecular weight excluding hydrogens is 214 g/mol.